The van der Waals surface area contributed by atoms with E-state index in [0.717, 1.165) is 54.9 Å². The van der Waals surface area contributed by atoms with E-state index >= 15 is 0 Å². The normalized spacial score (nSPS) is 11.5. The fourth-order valence-corrected chi connectivity index (χ4v) is 2.17. The van der Waals surface area contributed by atoms with Gasteiger partial charge in [0, 0.05) is 48.0 Å². The molecule has 4 N–H and O–H groups in total. The molecule has 0 aliphatic carbocycles. The summed E-state index contributed by atoms with van der Waals surface area (Å²) >= 11 is 0. The lowest BCUT2D eigenvalue weighted by molar-refractivity contribution is 0.698. The second-order valence-electron chi connectivity index (χ2n) is 5.39. The molecule has 0 unspecified atom stereocenters. The second kappa shape index (κ2) is 9.41. The number of benzene rings is 2. The molecule has 0 aliphatic rings. The topological polar surface area (TPSA) is 76.8 Å². The highest BCUT2D eigenvalue weighted by Gasteiger charge is 1.93. The van der Waals surface area contributed by atoms with Gasteiger partial charge in [-0.1, -0.05) is 36.4 Å². The third kappa shape index (κ3) is 5.94. The molecule has 0 amide bonds. The zero-order valence-electron chi connectivity index (χ0n) is 13.4. The van der Waals surface area contributed by atoms with E-state index in [0.29, 0.717) is 0 Å². The van der Waals surface area contributed by atoms with Crippen LogP contribution in [0.1, 0.15) is 30.4 Å². The molecule has 0 saturated heterocycles. The first-order valence-corrected chi connectivity index (χ1v) is 7.96. The number of hydrogen-bond donors (Lipinski definition) is 2. The highest BCUT2D eigenvalue weighted by atomic mass is 14.7. The third-order valence-corrected chi connectivity index (χ3v) is 3.53. The van der Waals surface area contributed by atoms with Gasteiger partial charge in [0.15, 0.2) is 0 Å². The van der Waals surface area contributed by atoms with Crippen molar-refractivity contribution in [2.45, 2.75) is 19.3 Å². The molecular formula is C19H24N4. The van der Waals surface area contributed by atoms with Gasteiger partial charge < -0.3 is 11.5 Å². The molecule has 0 atom stereocenters. The molecule has 0 saturated carbocycles. The van der Waals surface area contributed by atoms with Crippen LogP contribution in [0.4, 0.5) is 11.4 Å². The molecule has 2 aromatic carbocycles. The predicted octanol–water partition coefficient (Wildman–Crippen LogP) is 3.56. The predicted molar refractivity (Wildman–Crippen MR) is 100 cm³/mol. The van der Waals surface area contributed by atoms with Gasteiger partial charge in [-0.2, -0.15) is 0 Å². The molecule has 0 fully saturated rings. The quantitative estimate of drug-likeness (QED) is 0.444. The van der Waals surface area contributed by atoms with E-state index in [-0.39, 0.29) is 0 Å². The monoisotopic (exact) mass is 308 g/mol. The summed E-state index contributed by atoms with van der Waals surface area (Å²) in [5.41, 5.74) is 15.2. The van der Waals surface area contributed by atoms with Gasteiger partial charge in [0.1, 0.15) is 0 Å². The Bertz CT molecular complexity index is 604. The molecule has 0 spiro atoms. The maximum atomic E-state index is 5.86. The number of para-hydroxylation sites is 2. The van der Waals surface area contributed by atoms with Crippen molar-refractivity contribution in [2.75, 3.05) is 24.6 Å². The summed E-state index contributed by atoms with van der Waals surface area (Å²) in [6, 6.07) is 15.5. The standard InChI is InChI=1S/C19H24N4/c20-18-10-4-2-8-16(18)14-22-12-6-1-7-13-23-15-17-9-3-5-11-19(17)21/h2-5,8-11,14-15H,1,6-7,12-13,20-21H2. The van der Waals surface area contributed by atoms with Gasteiger partial charge in [0.05, 0.1) is 0 Å². The molecule has 120 valence electrons. The molecular weight excluding hydrogens is 284 g/mol. The van der Waals surface area contributed by atoms with Gasteiger partial charge in [-0.15, -0.1) is 0 Å². The minimum atomic E-state index is 0.769. The Hall–Kier alpha value is -2.62. The molecule has 0 aliphatic heterocycles. The van der Waals surface area contributed by atoms with E-state index in [1.165, 1.54) is 0 Å². The van der Waals surface area contributed by atoms with E-state index in [9.17, 15) is 0 Å². The third-order valence-electron chi connectivity index (χ3n) is 3.53. The zero-order valence-corrected chi connectivity index (χ0v) is 13.4. The van der Waals surface area contributed by atoms with Crippen LogP contribution in [0.5, 0.6) is 0 Å². The van der Waals surface area contributed by atoms with E-state index in [1.54, 1.807) is 0 Å². The Morgan fingerprint density at radius 2 is 1.09 bits per heavy atom. The molecule has 0 radical (unpaired) electrons. The Labute approximate surface area is 138 Å². The van der Waals surface area contributed by atoms with Crippen molar-refractivity contribution in [3.05, 3.63) is 59.7 Å². The molecule has 2 aromatic rings. The first-order valence-electron chi connectivity index (χ1n) is 7.96. The number of nitrogens with two attached hydrogens (primary N) is 2. The lowest BCUT2D eigenvalue weighted by Gasteiger charge is -1.99. The Morgan fingerprint density at radius 1 is 0.652 bits per heavy atom. The average molecular weight is 308 g/mol. The largest absolute Gasteiger partial charge is 0.398 e. The average Bonchev–Trinajstić information content (AvgIpc) is 2.56. The number of rotatable bonds is 8. The summed E-state index contributed by atoms with van der Waals surface area (Å²) in [6.07, 6.45) is 6.94. The van der Waals surface area contributed by atoms with E-state index in [2.05, 4.69) is 9.98 Å². The van der Waals surface area contributed by atoms with Crippen molar-refractivity contribution in [1.82, 2.24) is 0 Å². The summed E-state index contributed by atoms with van der Waals surface area (Å²) in [5, 5.41) is 0. The van der Waals surface area contributed by atoms with E-state index in [1.807, 2.05) is 61.0 Å². The lowest BCUT2D eigenvalue weighted by Crippen LogP contribution is -1.94. The van der Waals surface area contributed by atoms with Crippen molar-refractivity contribution in [3.63, 3.8) is 0 Å². The Morgan fingerprint density at radius 3 is 1.52 bits per heavy atom. The first kappa shape index (κ1) is 16.7. The molecule has 4 heteroatoms. The van der Waals surface area contributed by atoms with E-state index in [4.69, 9.17) is 11.5 Å². The van der Waals surface area contributed by atoms with Crippen LogP contribution in [0.15, 0.2) is 58.5 Å². The number of nitrogens with zero attached hydrogens (tertiary/aromatic N) is 2. The fraction of sp³-hybridized carbons (Fsp3) is 0.263. The molecule has 2 rings (SSSR count). The summed E-state index contributed by atoms with van der Waals surface area (Å²) < 4.78 is 0. The van der Waals surface area contributed by atoms with Crippen molar-refractivity contribution >= 4 is 23.8 Å². The number of unbranched alkanes of at least 4 members (excludes halogenated alkanes) is 2. The minimum absolute atomic E-state index is 0.769. The number of aliphatic imine (C=N–C) groups is 2. The molecule has 0 bridgehead atoms. The number of anilines is 2. The van der Waals surface area contributed by atoms with Gasteiger partial charge in [0.25, 0.3) is 0 Å². The van der Waals surface area contributed by atoms with Gasteiger partial charge in [-0.25, -0.2) is 0 Å². The fourth-order valence-electron chi connectivity index (χ4n) is 2.17. The van der Waals surface area contributed by atoms with Crippen molar-refractivity contribution < 1.29 is 0 Å². The number of nitrogen functional groups attached to an aromatic ring is 2. The van der Waals surface area contributed by atoms with Gasteiger partial charge in [-0.05, 0) is 31.4 Å². The van der Waals surface area contributed by atoms with Crippen LogP contribution in [-0.2, 0) is 0 Å². The van der Waals surface area contributed by atoms with Crippen LogP contribution >= 0.6 is 0 Å². The van der Waals surface area contributed by atoms with Gasteiger partial charge >= 0.3 is 0 Å². The van der Waals surface area contributed by atoms with Crippen LogP contribution < -0.4 is 11.5 Å². The molecule has 0 aromatic heterocycles. The first-order chi connectivity index (χ1) is 11.3. The van der Waals surface area contributed by atoms with Gasteiger partial charge in [0.2, 0.25) is 0 Å². The molecule has 23 heavy (non-hydrogen) atoms. The highest BCUT2D eigenvalue weighted by molar-refractivity contribution is 5.87. The Kier molecular flexibility index (Phi) is 6.85. The Balaban J connectivity index is 1.60. The SMILES string of the molecule is Nc1ccccc1C=NCCCCCN=Cc1ccccc1N. The van der Waals surface area contributed by atoms with Crippen molar-refractivity contribution in [2.24, 2.45) is 9.98 Å². The summed E-state index contributed by atoms with van der Waals surface area (Å²) in [5.74, 6) is 0. The van der Waals surface area contributed by atoms with Crippen LogP contribution in [-0.4, -0.2) is 25.5 Å². The van der Waals surface area contributed by atoms with E-state index < -0.39 is 0 Å². The second-order valence-corrected chi connectivity index (χ2v) is 5.39. The maximum Gasteiger partial charge on any atom is 0.0403 e. The van der Waals surface area contributed by atoms with Crippen molar-refractivity contribution in [1.29, 1.82) is 0 Å². The van der Waals surface area contributed by atoms with Gasteiger partial charge in [-0.3, -0.25) is 9.98 Å². The lowest BCUT2D eigenvalue weighted by atomic mass is 10.2. The minimum Gasteiger partial charge on any atom is -0.398 e. The summed E-state index contributed by atoms with van der Waals surface area (Å²) in [4.78, 5) is 8.84. The summed E-state index contributed by atoms with van der Waals surface area (Å²) in [6.45, 7) is 1.65. The number of hydrogen-bond acceptors (Lipinski definition) is 4. The molecule has 4 nitrogen and oxygen atoms in total. The molecule has 0 heterocycles. The van der Waals surface area contributed by atoms with Crippen LogP contribution in [0, 0.1) is 0 Å². The van der Waals surface area contributed by atoms with Crippen LogP contribution in [0.3, 0.4) is 0 Å². The maximum absolute atomic E-state index is 5.86. The van der Waals surface area contributed by atoms with Crippen molar-refractivity contribution in [3.8, 4) is 0 Å². The summed E-state index contributed by atoms with van der Waals surface area (Å²) in [7, 11) is 0. The van der Waals surface area contributed by atoms with Crippen LogP contribution in [0.2, 0.25) is 0 Å². The van der Waals surface area contributed by atoms with Crippen LogP contribution in [0.25, 0.3) is 0 Å². The highest BCUT2D eigenvalue weighted by Crippen LogP contribution is 2.08. The smallest absolute Gasteiger partial charge is 0.0403 e. The zero-order chi connectivity index (χ0) is 16.3.